The SMILES string of the molecule is CN1CCN(C(=O)c2cc(CN3C(=O)C(c4ccc(F)cc4)(c4ccc(F)cc4)N=C3N)ccc2C(F)(F)F)CC1=O. The smallest absolute Gasteiger partial charge is 0.369 e. The van der Waals surface area contributed by atoms with E-state index in [9.17, 15) is 36.3 Å². The van der Waals surface area contributed by atoms with Crippen LogP contribution in [0.1, 0.15) is 32.6 Å². The summed E-state index contributed by atoms with van der Waals surface area (Å²) in [7, 11) is 1.53. The van der Waals surface area contributed by atoms with Gasteiger partial charge in [0, 0.05) is 20.1 Å². The maximum Gasteiger partial charge on any atom is 0.417 e. The molecule has 0 spiro atoms. The topological polar surface area (TPSA) is 99.3 Å². The van der Waals surface area contributed by atoms with Gasteiger partial charge in [-0.15, -0.1) is 0 Å². The minimum atomic E-state index is -4.87. The van der Waals surface area contributed by atoms with E-state index in [-0.39, 0.29) is 48.8 Å². The van der Waals surface area contributed by atoms with Crippen LogP contribution in [0, 0.1) is 11.6 Å². The van der Waals surface area contributed by atoms with Gasteiger partial charge in [0.05, 0.1) is 17.7 Å². The zero-order valence-corrected chi connectivity index (χ0v) is 22.2. The highest BCUT2D eigenvalue weighted by Gasteiger charge is 2.50. The van der Waals surface area contributed by atoms with Crippen molar-refractivity contribution in [2.75, 3.05) is 26.7 Å². The Morgan fingerprint density at radius 2 is 1.50 bits per heavy atom. The maximum atomic E-state index is 14.0. The number of hydrogen-bond donors (Lipinski definition) is 1. The number of rotatable bonds is 5. The van der Waals surface area contributed by atoms with Gasteiger partial charge in [-0.1, -0.05) is 30.3 Å². The highest BCUT2D eigenvalue weighted by molar-refractivity contribution is 6.09. The zero-order valence-electron chi connectivity index (χ0n) is 22.2. The lowest BCUT2D eigenvalue weighted by molar-refractivity contribution is -0.138. The number of aliphatic imine (C=N–C) groups is 1. The van der Waals surface area contributed by atoms with Crippen LogP contribution in [0.15, 0.2) is 71.7 Å². The van der Waals surface area contributed by atoms with Gasteiger partial charge in [0.15, 0.2) is 11.5 Å². The molecule has 13 heteroatoms. The molecule has 218 valence electrons. The number of guanidine groups is 1. The Bertz CT molecular complexity index is 1540. The lowest BCUT2D eigenvalue weighted by Crippen LogP contribution is -2.50. The van der Waals surface area contributed by atoms with Crippen molar-refractivity contribution in [3.63, 3.8) is 0 Å². The molecule has 0 atom stereocenters. The molecule has 2 aliphatic rings. The second-order valence-corrected chi connectivity index (χ2v) is 10.0. The van der Waals surface area contributed by atoms with E-state index in [0.717, 1.165) is 52.3 Å². The molecule has 5 rings (SSSR count). The van der Waals surface area contributed by atoms with Crippen LogP contribution < -0.4 is 5.73 Å². The van der Waals surface area contributed by atoms with E-state index in [1.165, 1.54) is 36.2 Å². The Morgan fingerprint density at radius 3 is 2.02 bits per heavy atom. The molecule has 1 saturated heterocycles. The number of likely N-dealkylation sites (N-methyl/N-ethyl adjacent to an activating group) is 1. The van der Waals surface area contributed by atoms with Crippen LogP contribution >= 0.6 is 0 Å². The van der Waals surface area contributed by atoms with Crippen LogP contribution in [0.4, 0.5) is 22.0 Å². The minimum absolute atomic E-state index is 0.0463. The van der Waals surface area contributed by atoms with Crippen LogP contribution in [0.3, 0.4) is 0 Å². The Balaban J connectivity index is 1.52. The van der Waals surface area contributed by atoms with Crippen molar-refractivity contribution in [2.24, 2.45) is 10.7 Å². The van der Waals surface area contributed by atoms with Gasteiger partial charge in [0.25, 0.3) is 11.8 Å². The highest BCUT2D eigenvalue weighted by atomic mass is 19.4. The van der Waals surface area contributed by atoms with Crippen LogP contribution in [0.2, 0.25) is 0 Å². The van der Waals surface area contributed by atoms with Gasteiger partial charge < -0.3 is 15.5 Å². The third-order valence-corrected chi connectivity index (χ3v) is 7.34. The van der Waals surface area contributed by atoms with Crippen molar-refractivity contribution >= 4 is 23.7 Å². The molecule has 1 fully saturated rings. The first-order valence-electron chi connectivity index (χ1n) is 12.7. The summed E-state index contributed by atoms with van der Waals surface area (Å²) in [5.74, 6) is -3.54. The first kappa shape index (κ1) is 28.7. The molecular weight excluding hydrogens is 561 g/mol. The largest absolute Gasteiger partial charge is 0.417 e. The first-order chi connectivity index (χ1) is 19.8. The number of amides is 3. The van der Waals surface area contributed by atoms with E-state index >= 15 is 0 Å². The molecule has 0 aliphatic carbocycles. The monoisotopic (exact) mass is 585 g/mol. The highest BCUT2D eigenvalue weighted by Crippen LogP contribution is 2.41. The second-order valence-electron chi connectivity index (χ2n) is 10.0. The van der Waals surface area contributed by atoms with Gasteiger partial charge in [-0.2, -0.15) is 13.2 Å². The molecule has 0 aromatic heterocycles. The third kappa shape index (κ3) is 5.06. The molecule has 2 aliphatic heterocycles. The fourth-order valence-electron chi connectivity index (χ4n) is 5.06. The van der Waals surface area contributed by atoms with Gasteiger partial charge >= 0.3 is 6.18 Å². The van der Waals surface area contributed by atoms with E-state index in [0.29, 0.717) is 0 Å². The van der Waals surface area contributed by atoms with Crippen molar-refractivity contribution in [2.45, 2.75) is 18.3 Å². The molecule has 0 unspecified atom stereocenters. The van der Waals surface area contributed by atoms with Gasteiger partial charge in [-0.25, -0.2) is 13.8 Å². The number of nitrogens with two attached hydrogens (primary N) is 1. The molecule has 0 radical (unpaired) electrons. The standard InChI is InChI=1S/C29H24F5N5O3/c1-37-12-13-38(16-24(37)40)25(41)22-14-17(2-11-23(22)29(32,33)34)15-39-26(42)28(36-27(39)35,18-3-7-20(30)8-4-18)19-5-9-21(31)10-6-19/h2-11,14H,12-13,15-16H2,1H3,(H2,35,36). The predicted octanol–water partition coefficient (Wildman–Crippen LogP) is 3.50. The van der Waals surface area contributed by atoms with Gasteiger partial charge in [-0.05, 0) is 53.1 Å². The van der Waals surface area contributed by atoms with Gasteiger partial charge in [-0.3, -0.25) is 19.3 Å². The van der Waals surface area contributed by atoms with Crippen molar-refractivity contribution in [1.82, 2.24) is 14.7 Å². The summed E-state index contributed by atoms with van der Waals surface area (Å²) in [6.07, 6.45) is -4.87. The van der Waals surface area contributed by atoms with Crippen LogP contribution in [0.5, 0.6) is 0 Å². The normalized spacial score (nSPS) is 17.1. The lowest BCUT2D eigenvalue weighted by atomic mass is 9.82. The van der Waals surface area contributed by atoms with Crippen molar-refractivity contribution in [3.05, 3.63) is 106 Å². The lowest BCUT2D eigenvalue weighted by Gasteiger charge is -2.32. The van der Waals surface area contributed by atoms with Crippen LogP contribution in [-0.2, 0) is 27.8 Å². The number of alkyl halides is 3. The Morgan fingerprint density at radius 1 is 0.929 bits per heavy atom. The number of benzene rings is 3. The Kier molecular flexibility index (Phi) is 7.21. The molecule has 0 bridgehead atoms. The summed E-state index contributed by atoms with van der Waals surface area (Å²) in [6.45, 7) is -0.530. The number of hydrogen-bond acceptors (Lipinski definition) is 5. The fraction of sp³-hybridized carbons (Fsp3) is 0.241. The molecule has 3 amide bonds. The molecule has 8 nitrogen and oxygen atoms in total. The number of carbonyl (C=O) groups is 3. The van der Waals surface area contributed by atoms with E-state index in [4.69, 9.17) is 5.73 Å². The summed E-state index contributed by atoms with van der Waals surface area (Å²) in [5.41, 5.74) is 3.08. The molecule has 2 heterocycles. The average Bonchev–Trinajstić information content (AvgIpc) is 3.20. The van der Waals surface area contributed by atoms with Gasteiger partial charge in [0.1, 0.15) is 18.2 Å². The molecule has 3 aromatic carbocycles. The molecule has 0 saturated carbocycles. The summed E-state index contributed by atoms with van der Waals surface area (Å²) in [4.78, 5) is 47.2. The number of piperazine rings is 1. The van der Waals surface area contributed by atoms with E-state index in [2.05, 4.69) is 4.99 Å². The minimum Gasteiger partial charge on any atom is -0.369 e. The first-order valence-corrected chi connectivity index (χ1v) is 12.7. The quantitative estimate of drug-likeness (QED) is 0.464. The number of carbonyl (C=O) groups excluding carboxylic acids is 3. The Labute approximate surface area is 236 Å². The predicted molar refractivity (Wildman–Crippen MR) is 141 cm³/mol. The molecule has 3 aromatic rings. The van der Waals surface area contributed by atoms with Crippen LogP contribution in [0.25, 0.3) is 0 Å². The molecular formula is C29H24F5N5O3. The van der Waals surface area contributed by atoms with E-state index < -0.39 is 52.2 Å². The van der Waals surface area contributed by atoms with Gasteiger partial charge in [0.2, 0.25) is 5.91 Å². The Hall–Kier alpha value is -4.81. The summed E-state index contributed by atoms with van der Waals surface area (Å²) in [5, 5.41) is 0. The van der Waals surface area contributed by atoms with E-state index in [1.54, 1.807) is 0 Å². The third-order valence-electron chi connectivity index (χ3n) is 7.34. The zero-order chi connectivity index (χ0) is 30.4. The van der Waals surface area contributed by atoms with Crippen molar-refractivity contribution < 1.29 is 36.3 Å². The summed E-state index contributed by atoms with van der Waals surface area (Å²) in [6, 6.07) is 12.7. The number of halogens is 5. The second kappa shape index (κ2) is 10.5. The number of nitrogens with zero attached hydrogens (tertiary/aromatic N) is 4. The van der Waals surface area contributed by atoms with Crippen molar-refractivity contribution in [3.8, 4) is 0 Å². The summed E-state index contributed by atoms with van der Waals surface area (Å²) >= 11 is 0. The maximum absolute atomic E-state index is 14.0. The summed E-state index contributed by atoms with van der Waals surface area (Å²) < 4.78 is 69.2. The van der Waals surface area contributed by atoms with E-state index in [1.807, 2.05) is 0 Å². The van der Waals surface area contributed by atoms with Crippen LogP contribution in [-0.4, -0.2) is 65.1 Å². The molecule has 2 N–H and O–H groups in total. The van der Waals surface area contributed by atoms with Crippen molar-refractivity contribution in [1.29, 1.82) is 0 Å². The average molecular weight is 586 g/mol. The molecule has 42 heavy (non-hydrogen) atoms. The fourth-order valence-corrected chi connectivity index (χ4v) is 5.06.